The number of aliphatic carboxylic acids is 1. The average Bonchev–Trinajstić information content (AvgIpc) is 2.88. The van der Waals surface area contributed by atoms with Gasteiger partial charge in [0.25, 0.3) is 0 Å². The summed E-state index contributed by atoms with van der Waals surface area (Å²) >= 11 is 0. The van der Waals surface area contributed by atoms with Crippen molar-refractivity contribution in [2.75, 3.05) is 26.7 Å². The standard InChI is InChI=1S/C12H17F3N2O5/c1-22-9(20)11(12(13,14)15)4-6-17(7-11)10(21)16-5-2-3-8(18)19/h2-7H2,1H3,(H,16,21)(H,18,19). The van der Waals surface area contributed by atoms with E-state index in [2.05, 4.69) is 10.1 Å². The van der Waals surface area contributed by atoms with Gasteiger partial charge in [0.15, 0.2) is 5.41 Å². The average molecular weight is 326 g/mol. The molecule has 2 N–H and O–H groups in total. The first kappa shape index (κ1) is 18.1. The number of carboxylic acid groups (broad SMARTS) is 1. The molecule has 1 atom stereocenters. The van der Waals surface area contributed by atoms with E-state index in [0.29, 0.717) is 0 Å². The number of carboxylic acids is 1. The van der Waals surface area contributed by atoms with Crippen LogP contribution in [-0.4, -0.2) is 60.9 Å². The first-order chi connectivity index (χ1) is 10.1. The van der Waals surface area contributed by atoms with E-state index >= 15 is 0 Å². The monoisotopic (exact) mass is 326 g/mol. The second-order valence-electron chi connectivity index (χ2n) is 4.97. The molecule has 22 heavy (non-hydrogen) atoms. The van der Waals surface area contributed by atoms with Gasteiger partial charge in [-0.1, -0.05) is 0 Å². The summed E-state index contributed by atoms with van der Waals surface area (Å²) in [5.74, 6) is -2.45. The first-order valence-electron chi connectivity index (χ1n) is 6.54. The Balaban J connectivity index is 2.64. The minimum atomic E-state index is -4.82. The lowest BCUT2D eigenvalue weighted by atomic mass is 9.86. The van der Waals surface area contributed by atoms with E-state index in [-0.39, 0.29) is 25.9 Å². The number of carbonyl (C=O) groups excluding carboxylic acids is 2. The van der Waals surface area contributed by atoms with Gasteiger partial charge in [-0.3, -0.25) is 9.59 Å². The van der Waals surface area contributed by atoms with Crippen molar-refractivity contribution in [1.29, 1.82) is 0 Å². The van der Waals surface area contributed by atoms with Crippen LogP contribution < -0.4 is 5.32 Å². The number of rotatable bonds is 5. The molecule has 2 amide bonds. The molecule has 1 unspecified atom stereocenters. The van der Waals surface area contributed by atoms with E-state index in [0.717, 1.165) is 12.0 Å². The first-order valence-corrected chi connectivity index (χ1v) is 6.54. The number of urea groups is 1. The number of hydrogen-bond acceptors (Lipinski definition) is 4. The largest absolute Gasteiger partial charge is 0.481 e. The van der Waals surface area contributed by atoms with Gasteiger partial charge in [0, 0.05) is 26.1 Å². The Hall–Kier alpha value is -2.00. The number of esters is 1. The molecule has 1 saturated heterocycles. The van der Waals surface area contributed by atoms with E-state index in [9.17, 15) is 27.6 Å². The van der Waals surface area contributed by atoms with Crippen LogP contribution in [0, 0.1) is 5.41 Å². The summed E-state index contributed by atoms with van der Waals surface area (Å²) in [5.41, 5.74) is -2.71. The lowest BCUT2D eigenvalue weighted by Gasteiger charge is -2.28. The highest BCUT2D eigenvalue weighted by atomic mass is 19.4. The van der Waals surface area contributed by atoms with Crippen molar-refractivity contribution in [2.45, 2.75) is 25.4 Å². The van der Waals surface area contributed by atoms with Gasteiger partial charge in [0.05, 0.1) is 7.11 Å². The molecule has 0 radical (unpaired) electrons. The third-order valence-corrected chi connectivity index (χ3v) is 3.52. The minimum Gasteiger partial charge on any atom is -0.481 e. The number of likely N-dealkylation sites (tertiary alicyclic amines) is 1. The summed E-state index contributed by atoms with van der Waals surface area (Å²) in [6.07, 6.45) is -5.38. The fourth-order valence-corrected chi connectivity index (χ4v) is 2.24. The van der Waals surface area contributed by atoms with Gasteiger partial charge in [-0.25, -0.2) is 4.79 Å². The van der Waals surface area contributed by atoms with E-state index in [1.807, 2.05) is 0 Å². The zero-order valence-electron chi connectivity index (χ0n) is 11.9. The van der Waals surface area contributed by atoms with Gasteiger partial charge in [-0.2, -0.15) is 13.2 Å². The molecular weight excluding hydrogens is 309 g/mol. The summed E-state index contributed by atoms with van der Waals surface area (Å²) in [4.78, 5) is 34.5. The molecule has 10 heteroatoms. The molecular formula is C12H17F3N2O5. The molecule has 1 rings (SSSR count). The van der Waals surface area contributed by atoms with E-state index < -0.39 is 42.5 Å². The smallest absolute Gasteiger partial charge is 0.406 e. The molecule has 1 fully saturated rings. The molecule has 7 nitrogen and oxygen atoms in total. The number of methoxy groups -OCH3 is 1. The van der Waals surface area contributed by atoms with E-state index in [1.165, 1.54) is 0 Å². The number of ether oxygens (including phenoxy) is 1. The van der Waals surface area contributed by atoms with Crippen molar-refractivity contribution >= 4 is 18.0 Å². The Morgan fingerprint density at radius 3 is 2.50 bits per heavy atom. The van der Waals surface area contributed by atoms with Crippen LogP contribution in [0.25, 0.3) is 0 Å². The molecule has 0 aromatic rings. The Morgan fingerprint density at radius 2 is 2.00 bits per heavy atom. The number of nitrogens with zero attached hydrogens (tertiary/aromatic N) is 1. The third kappa shape index (κ3) is 3.80. The summed E-state index contributed by atoms with van der Waals surface area (Å²) < 4.78 is 43.7. The molecule has 0 saturated carbocycles. The van der Waals surface area contributed by atoms with Crippen LogP contribution in [0.15, 0.2) is 0 Å². The molecule has 1 heterocycles. The van der Waals surface area contributed by atoms with Gasteiger partial charge in [-0.05, 0) is 12.8 Å². The van der Waals surface area contributed by atoms with Gasteiger partial charge in [0.2, 0.25) is 0 Å². The zero-order chi connectivity index (χ0) is 17.0. The molecule has 0 aromatic carbocycles. The van der Waals surface area contributed by atoms with Gasteiger partial charge in [0.1, 0.15) is 0 Å². The maximum atomic E-state index is 13.2. The Kier molecular flexibility index (Phi) is 5.61. The lowest BCUT2D eigenvalue weighted by molar-refractivity contribution is -0.228. The van der Waals surface area contributed by atoms with Crippen LogP contribution in [0.3, 0.4) is 0 Å². The SMILES string of the molecule is COC(=O)C1(C(F)(F)F)CCN(C(=O)NCCCC(=O)O)C1. The summed E-state index contributed by atoms with van der Waals surface area (Å²) in [7, 11) is 0.866. The molecule has 0 spiro atoms. The number of halogens is 3. The normalized spacial score (nSPS) is 21.5. The number of carbonyl (C=O) groups is 3. The molecule has 0 aromatic heterocycles. The van der Waals surface area contributed by atoms with Crippen molar-refractivity contribution in [3.8, 4) is 0 Å². The van der Waals surface area contributed by atoms with E-state index in [1.54, 1.807) is 0 Å². The summed E-state index contributed by atoms with van der Waals surface area (Å²) in [6.45, 7) is -1.02. The Morgan fingerprint density at radius 1 is 1.36 bits per heavy atom. The van der Waals surface area contributed by atoms with Gasteiger partial charge in [-0.15, -0.1) is 0 Å². The molecule has 1 aliphatic rings. The number of alkyl halides is 3. The predicted molar refractivity (Wildman–Crippen MR) is 67.0 cm³/mol. The Labute approximate surface area is 124 Å². The van der Waals surface area contributed by atoms with Crippen molar-refractivity contribution in [3.05, 3.63) is 0 Å². The fourth-order valence-electron chi connectivity index (χ4n) is 2.24. The second-order valence-corrected chi connectivity index (χ2v) is 4.97. The zero-order valence-corrected chi connectivity index (χ0v) is 11.9. The molecule has 0 aliphatic carbocycles. The maximum absolute atomic E-state index is 13.2. The Bertz CT molecular complexity index is 455. The van der Waals surface area contributed by atoms with Crippen molar-refractivity contribution < 1.29 is 37.4 Å². The van der Waals surface area contributed by atoms with Crippen LogP contribution in [0.4, 0.5) is 18.0 Å². The third-order valence-electron chi connectivity index (χ3n) is 3.52. The number of amides is 2. The van der Waals surface area contributed by atoms with Gasteiger partial charge < -0.3 is 20.1 Å². The summed E-state index contributed by atoms with van der Waals surface area (Å²) in [5, 5.41) is 10.8. The van der Waals surface area contributed by atoms with E-state index in [4.69, 9.17) is 5.11 Å². The molecule has 0 bridgehead atoms. The van der Waals surface area contributed by atoms with Gasteiger partial charge >= 0.3 is 24.1 Å². The summed E-state index contributed by atoms with van der Waals surface area (Å²) in [6, 6.07) is -0.764. The van der Waals surface area contributed by atoms with Crippen LogP contribution in [0.1, 0.15) is 19.3 Å². The van der Waals surface area contributed by atoms with Crippen molar-refractivity contribution in [3.63, 3.8) is 0 Å². The predicted octanol–water partition coefficient (Wildman–Crippen LogP) is 0.988. The lowest BCUT2D eigenvalue weighted by Crippen LogP contribution is -2.49. The van der Waals surface area contributed by atoms with Crippen molar-refractivity contribution in [1.82, 2.24) is 10.2 Å². The topological polar surface area (TPSA) is 95.9 Å². The highest BCUT2D eigenvalue weighted by Crippen LogP contribution is 2.46. The van der Waals surface area contributed by atoms with Crippen LogP contribution in [-0.2, 0) is 14.3 Å². The maximum Gasteiger partial charge on any atom is 0.406 e. The quantitative estimate of drug-likeness (QED) is 0.580. The van der Waals surface area contributed by atoms with Crippen molar-refractivity contribution in [2.24, 2.45) is 5.41 Å². The minimum absolute atomic E-state index is 0.0267. The number of hydrogen-bond donors (Lipinski definition) is 2. The fraction of sp³-hybridized carbons (Fsp3) is 0.750. The molecule has 126 valence electrons. The van der Waals surface area contributed by atoms with Crippen LogP contribution in [0.2, 0.25) is 0 Å². The number of nitrogens with one attached hydrogen (secondary N) is 1. The highest BCUT2D eigenvalue weighted by Gasteiger charge is 2.64. The van der Waals surface area contributed by atoms with Crippen LogP contribution in [0.5, 0.6) is 0 Å². The highest BCUT2D eigenvalue weighted by molar-refractivity contribution is 5.81. The molecule has 1 aliphatic heterocycles. The second kappa shape index (κ2) is 6.84. The van der Waals surface area contributed by atoms with Crippen LogP contribution >= 0.6 is 0 Å².